The highest BCUT2D eigenvalue weighted by atomic mass is 16.6. The second-order valence-electron chi connectivity index (χ2n) is 14.1. The molecule has 4 N–H and O–H groups in total. The Morgan fingerprint density at radius 1 is 1.21 bits per heavy atom. The Morgan fingerprint density at radius 2 is 1.89 bits per heavy atom. The highest BCUT2D eigenvalue weighted by molar-refractivity contribution is 5.68. The van der Waals surface area contributed by atoms with Gasteiger partial charge in [0.1, 0.15) is 11.7 Å². The fourth-order valence-electron chi connectivity index (χ4n) is 7.37. The summed E-state index contributed by atoms with van der Waals surface area (Å²) in [6.45, 7) is 18.1. The van der Waals surface area contributed by atoms with Gasteiger partial charge >= 0.3 is 6.09 Å². The van der Waals surface area contributed by atoms with Gasteiger partial charge in [-0.05, 0) is 107 Å². The second-order valence-corrected chi connectivity index (χ2v) is 14.1. The van der Waals surface area contributed by atoms with Crippen LogP contribution in [-0.2, 0) is 4.74 Å². The summed E-state index contributed by atoms with van der Waals surface area (Å²) >= 11 is 0. The fraction of sp³-hybridized carbons (Fsp3) is 0.781. The molecule has 3 aliphatic rings. The van der Waals surface area contributed by atoms with Gasteiger partial charge in [-0.3, -0.25) is 0 Å². The van der Waals surface area contributed by atoms with Crippen LogP contribution in [0.1, 0.15) is 106 Å². The van der Waals surface area contributed by atoms with Crippen molar-refractivity contribution in [1.29, 1.82) is 0 Å². The van der Waals surface area contributed by atoms with Crippen molar-refractivity contribution < 1.29 is 24.9 Å². The topological polar surface area (TPSA) is 99.0 Å². The highest BCUT2D eigenvalue weighted by Crippen LogP contribution is 2.60. The van der Waals surface area contributed by atoms with E-state index in [1.807, 2.05) is 19.9 Å². The molecule has 3 saturated carbocycles. The molecule has 0 unspecified atom stereocenters. The lowest BCUT2D eigenvalue weighted by Gasteiger charge is -2.44. The van der Waals surface area contributed by atoms with Crippen molar-refractivity contribution in [2.24, 2.45) is 23.2 Å². The molecule has 0 aromatic carbocycles. The van der Waals surface area contributed by atoms with Crippen molar-refractivity contribution in [2.45, 2.75) is 136 Å². The summed E-state index contributed by atoms with van der Waals surface area (Å²) in [5, 5.41) is 34.4. The van der Waals surface area contributed by atoms with E-state index in [4.69, 9.17) is 4.74 Å². The van der Waals surface area contributed by atoms with Crippen LogP contribution in [0.4, 0.5) is 4.79 Å². The minimum Gasteiger partial charge on any atom is -0.444 e. The molecule has 3 fully saturated rings. The van der Waals surface area contributed by atoms with E-state index in [1.165, 1.54) is 31.3 Å². The first-order chi connectivity index (χ1) is 17.5. The maximum Gasteiger partial charge on any atom is 0.408 e. The van der Waals surface area contributed by atoms with E-state index in [9.17, 15) is 20.1 Å². The minimum atomic E-state index is -1.08. The van der Waals surface area contributed by atoms with E-state index in [1.54, 1.807) is 20.8 Å². The molecule has 0 aliphatic heterocycles. The van der Waals surface area contributed by atoms with E-state index in [2.05, 4.69) is 31.8 Å². The average molecular weight is 532 g/mol. The maximum atomic E-state index is 12.2. The number of nitrogens with one attached hydrogen (secondary N) is 1. The molecular formula is C32H53NO5. The Morgan fingerprint density at radius 3 is 2.53 bits per heavy atom. The van der Waals surface area contributed by atoms with E-state index < -0.39 is 35.5 Å². The summed E-state index contributed by atoms with van der Waals surface area (Å²) in [5.74, 6) is 1.89. The molecule has 38 heavy (non-hydrogen) atoms. The Kier molecular flexibility index (Phi) is 9.64. The van der Waals surface area contributed by atoms with Crippen molar-refractivity contribution in [3.8, 4) is 0 Å². The number of alkyl carbamates (subject to hydrolysis) is 1. The average Bonchev–Trinajstić information content (AvgIpc) is 3.13. The molecule has 7 atom stereocenters. The van der Waals surface area contributed by atoms with Gasteiger partial charge in [-0.2, -0.15) is 0 Å². The fourth-order valence-corrected chi connectivity index (χ4v) is 7.37. The summed E-state index contributed by atoms with van der Waals surface area (Å²) in [4.78, 5) is 12.2. The molecule has 0 spiro atoms. The predicted molar refractivity (Wildman–Crippen MR) is 153 cm³/mol. The molecule has 3 aliphatic carbocycles. The van der Waals surface area contributed by atoms with Crippen LogP contribution < -0.4 is 5.32 Å². The molecule has 0 aromatic rings. The second kappa shape index (κ2) is 11.9. The zero-order valence-corrected chi connectivity index (χ0v) is 24.8. The summed E-state index contributed by atoms with van der Waals surface area (Å²) in [5.41, 5.74) is 1.89. The first kappa shape index (κ1) is 30.9. The Labute approximate surface area is 230 Å². The van der Waals surface area contributed by atoms with Crippen LogP contribution in [0.5, 0.6) is 0 Å². The van der Waals surface area contributed by atoms with E-state index in [0.717, 1.165) is 31.3 Å². The zero-order chi connectivity index (χ0) is 28.5. The minimum absolute atomic E-state index is 0.293. The first-order valence-electron chi connectivity index (χ1n) is 14.7. The normalized spacial score (nSPS) is 35.3. The Hall–Kier alpha value is -1.63. The lowest BCUT2D eigenvalue weighted by molar-refractivity contribution is 0.0179. The number of hydrogen-bond donors (Lipinski definition) is 4. The number of carbonyl (C=O) groups excluding carboxylic acids is 1. The van der Waals surface area contributed by atoms with Crippen LogP contribution in [0.15, 0.2) is 35.5 Å². The monoisotopic (exact) mass is 531 g/mol. The largest absolute Gasteiger partial charge is 0.444 e. The number of carbonyl (C=O) groups is 1. The molecule has 0 bridgehead atoms. The standard InChI is InChI=1S/C32H53NO5/c1-20(11-9-17-31(6,7)37)24-15-16-25-22(12-10-18-32(24,25)8)13-14-23-19-26(34)27(28(35)21(23)2)33-29(36)38-30(3,4)5/h13-14,20,24-28,34-35,37H,2,9-12,15-19H2,1,3-8H3,(H,33,36)/b22-13+,23-14-/t20-,24-,25+,26-,27+,28-,32-/m1/s1. The van der Waals surface area contributed by atoms with Crippen molar-refractivity contribution in [3.05, 3.63) is 35.5 Å². The van der Waals surface area contributed by atoms with Gasteiger partial charge in [0, 0.05) is 6.42 Å². The molecule has 1 amide bonds. The molecule has 0 heterocycles. The maximum absolute atomic E-state index is 12.2. The van der Waals surface area contributed by atoms with E-state index in [0.29, 0.717) is 35.2 Å². The molecule has 0 radical (unpaired) electrons. The van der Waals surface area contributed by atoms with Crippen molar-refractivity contribution >= 4 is 6.09 Å². The third kappa shape index (κ3) is 7.51. The number of amides is 1. The zero-order valence-electron chi connectivity index (χ0n) is 24.8. The quantitative estimate of drug-likeness (QED) is 0.313. The van der Waals surface area contributed by atoms with E-state index in [-0.39, 0.29) is 0 Å². The number of rotatable bonds is 7. The summed E-state index contributed by atoms with van der Waals surface area (Å²) in [7, 11) is 0. The van der Waals surface area contributed by atoms with Gasteiger partial charge in [-0.25, -0.2) is 4.79 Å². The smallest absolute Gasteiger partial charge is 0.408 e. The number of aliphatic hydroxyl groups is 3. The van der Waals surface area contributed by atoms with Gasteiger partial charge in [0.25, 0.3) is 0 Å². The van der Waals surface area contributed by atoms with E-state index >= 15 is 0 Å². The van der Waals surface area contributed by atoms with Crippen LogP contribution in [0.2, 0.25) is 0 Å². The van der Waals surface area contributed by atoms with Crippen LogP contribution in [0.25, 0.3) is 0 Å². The van der Waals surface area contributed by atoms with Gasteiger partial charge < -0.3 is 25.4 Å². The van der Waals surface area contributed by atoms with Gasteiger partial charge in [0.05, 0.1) is 17.7 Å². The third-order valence-electron chi connectivity index (χ3n) is 9.31. The number of ether oxygens (including phenoxy) is 1. The van der Waals surface area contributed by atoms with Crippen molar-refractivity contribution in [1.82, 2.24) is 5.32 Å². The molecule has 6 heteroatoms. The van der Waals surface area contributed by atoms with Crippen LogP contribution >= 0.6 is 0 Å². The lowest BCUT2D eigenvalue weighted by Crippen LogP contribution is -2.55. The first-order valence-corrected chi connectivity index (χ1v) is 14.7. The van der Waals surface area contributed by atoms with Gasteiger partial charge in [0.15, 0.2) is 0 Å². The van der Waals surface area contributed by atoms with Gasteiger partial charge in [-0.15, -0.1) is 0 Å². The highest BCUT2D eigenvalue weighted by Gasteiger charge is 2.50. The molecule has 216 valence electrons. The number of aliphatic hydroxyl groups excluding tert-OH is 2. The Bertz CT molecular complexity index is 923. The summed E-state index contributed by atoms with van der Waals surface area (Å²) in [6, 6.07) is -0.853. The Balaban J connectivity index is 1.68. The van der Waals surface area contributed by atoms with Crippen molar-refractivity contribution in [3.63, 3.8) is 0 Å². The summed E-state index contributed by atoms with van der Waals surface area (Å²) in [6.07, 6.45) is 11.0. The third-order valence-corrected chi connectivity index (χ3v) is 9.31. The molecule has 0 saturated heterocycles. The predicted octanol–water partition coefficient (Wildman–Crippen LogP) is 6.21. The lowest BCUT2D eigenvalue weighted by atomic mass is 9.60. The van der Waals surface area contributed by atoms with Gasteiger partial charge in [-0.1, -0.05) is 51.0 Å². The van der Waals surface area contributed by atoms with Crippen molar-refractivity contribution in [2.75, 3.05) is 0 Å². The number of hydrogen-bond acceptors (Lipinski definition) is 5. The van der Waals surface area contributed by atoms with Crippen LogP contribution in [0, 0.1) is 23.2 Å². The number of allylic oxidation sites excluding steroid dienone is 3. The van der Waals surface area contributed by atoms with Gasteiger partial charge in [0.2, 0.25) is 0 Å². The molecular weight excluding hydrogens is 478 g/mol. The molecule has 6 nitrogen and oxygen atoms in total. The number of fused-ring (bicyclic) bond motifs is 1. The molecule has 0 aromatic heterocycles. The van der Waals surface area contributed by atoms with Crippen LogP contribution in [-0.4, -0.2) is 50.9 Å². The van der Waals surface area contributed by atoms with Crippen LogP contribution in [0.3, 0.4) is 0 Å². The SMILES string of the molecule is C=C1/C(=C\C=C2/CCC[C@]3(C)[C@@H]([C@H](C)CCCC(C)(C)O)CC[C@@H]23)C[C@@H](O)[C@H](NC(=O)OC(C)(C)C)[C@@H]1O. The summed E-state index contributed by atoms with van der Waals surface area (Å²) < 4.78 is 5.30. The molecule has 3 rings (SSSR count).